The van der Waals surface area contributed by atoms with E-state index >= 15 is 0 Å². The van der Waals surface area contributed by atoms with Crippen molar-refractivity contribution in [1.82, 2.24) is 18.5 Å². The summed E-state index contributed by atoms with van der Waals surface area (Å²) in [4.78, 5) is 15.7. The molecule has 0 aliphatic carbocycles. The Morgan fingerprint density at radius 3 is 2.91 bits per heavy atom. The molecule has 1 amide bonds. The number of carbonyl (C=O) groups excluding carboxylic acids is 1. The molecule has 0 unspecified atom stereocenters. The van der Waals surface area contributed by atoms with Crippen LogP contribution in [0.4, 0.5) is 5.13 Å². The molecule has 1 aromatic carbocycles. The number of sulfonamides is 1. The summed E-state index contributed by atoms with van der Waals surface area (Å²) in [6.07, 6.45) is 1.58. The Bertz CT molecular complexity index is 920. The molecule has 2 aromatic heterocycles. The maximum Gasteiger partial charge on any atom is 0.242 e. The minimum absolute atomic E-state index is 0.00407. The minimum Gasteiger partial charge on any atom is -0.302 e. The number of nitrogens with zero attached hydrogens (tertiary/aromatic N) is 3. The normalized spacial score (nSPS) is 11.7. The van der Waals surface area contributed by atoms with Crippen LogP contribution in [0.25, 0.3) is 11.0 Å². The van der Waals surface area contributed by atoms with Gasteiger partial charge in [0.1, 0.15) is 15.9 Å². The summed E-state index contributed by atoms with van der Waals surface area (Å²) in [5.41, 5.74) is 0.858. The second-order valence-corrected chi connectivity index (χ2v) is 7.58. The van der Waals surface area contributed by atoms with Crippen molar-refractivity contribution in [2.45, 2.75) is 11.3 Å². The third kappa shape index (κ3) is 3.69. The molecule has 0 aliphatic heterocycles. The van der Waals surface area contributed by atoms with E-state index in [4.69, 9.17) is 0 Å². The van der Waals surface area contributed by atoms with Crippen LogP contribution in [0.1, 0.15) is 6.42 Å². The van der Waals surface area contributed by atoms with Gasteiger partial charge in [0.25, 0.3) is 0 Å². The fraction of sp³-hybridized carbons (Fsp3) is 0.167. The van der Waals surface area contributed by atoms with E-state index in [0.717, 1.165) is 11.7 Å². The van der Waals surface area contributed by atoms with Crippen molar-refractivity contribution in [2.24, 2.45) is 0 Å². The van der Waals surface area contributed by atoms with Gasteiger partial charge < -0.3 is 5.32 Å². The van der Waals surface area contributed by atoms with E-state index in [1.54, 1.807) is 23.7 Å². The van der Waals surface area contributed by atoms with E-state index in [9.17, 15) is 13.2 Å². The molecular formula is C12H11N5O3S3. The smallest absolute Gasteiger partial charge is 0.242 e. The molecule has 3 rings (SSSR count). The van der Waals surface area contributed by atoms with Crippen molar-refractivity contribution in [3.05, 3.63) is 29.8 Å². The molecule has 0 saturated heterocycles. The number of carbonyl (C=O) groups is 1. The van der Waals surface area contributed by atoms with Crippen LogP contribution in [0.15, 0.2) is 34.7 Å². The van der Waals surface area contributed by atoms with Crippen LogP contribution < -0.4 is 10.0 Å². The molecule has 0 radical (unpaired) electrons. The number of anilines is 1. The van der Waals surface area contributed by atoms with Crippen molar-refractivity contribution in [2.75, 3.05) is 11.9 Å². The number of aromatic nitrogens is 3. The van der Waals surface area contributed by atoms with E-state index < -0.39 is 10.0 Å². The van der Waals surface area contributed by atoms with Crippen molar-refractivity contribution in [3.8, 4) is 0 Å². The average Bonchev–Trinajstić information content (AvgIpc) is 3.17. The molecule has 0 saturated carbocycles. The van der Waals surface area contributed by atoms with Gasteiger partial charge in [-0.2, -0.15) is 8.75 Å². The van der Waals surface area contributed by atoms with Gasteiger partial charge in [-0.25, -0.2) is 18.1 Å². The molecule has 0 spiro atoms. The number of fused-ring (bicyclic) bond motifs is 1. The molecule has 3 aromatic rings. The highest BCUT2D eigenvalue weighted by Gasteiger charge is 2.19. The van der Waals surface area contributed by atoms with Gasteiger partial charge in [0.05, 0.1) is 11.7 Å². The summed E-state index contributed by atoms with van der Waals surface area (Å²) in [7, 11) is -3.75. The van der Waals surface area contributed by atoms with Crippen molar-refractivity contribution in [1.29, 1.82) is 0 Å². The monoisotopic (exact) mass is 369 g/mol. The highest BCUT2D eigenvalue weighted by atomic mass is 32.2. The fourth-order valence-corrected chi connectivity index (χ4v) is 4.18. The molecule has 0 bridgehead atoms. The quantitative estimate of drug-likeness (QED) is 0.680. The molecule has 2 heterocycles. The summed E-state index contributed by atoms with van der Waals surface area (Å²) in [6, 6.07) is 4.76. The van der Waals surface area contributed by atoms with Gasteiger partial charge >= 0.3 is 0 Å². The molecule has 11 heteroatoms. The largest absolute Gasteiger partial charge is 0.302 e. The highest BCUT2D eigenvalue weighted by molar-refractivity contribution is 7.89. The number of amides is 1. The zero-order valence-corrected chi connectivity index (χ0v) is 14.0. The second kappa shape index (κ2) is 6.66. The Morgan fingerprint density at radius 1 is 1.26 bits per heavy atom. The molecule has 8 nitrogen and oxygen atoms in total. The average molecular weight is 369 g/mol. The molecule has 0 atom stereocenters. The lowest BCUT2D eigenvalue weighted by Crippen LogP contribution is -2.28. The van der Waals surface area contributed by atoms with E-state index in [2.05, 4.69) is 23.8 Å². The van der Waals surface area contributed by atoms with E-state index in [0.29, 0.717) is 16.2 Å². The first-order chi connectivity index (χ1) is 11.1. The lowest BCUT2D eigenvalue weighted by Gasteiger charge is -2.07. The van der Waals surface area contributed by atoms with Crippen LogP contribution in [0, 0.1) is 0 Å². The fourth-order valence-electron chi connectivity index (χ4n) is 1.84. The number of hydrogen-bond donors (Lipinski definition) is 2. The molecule has 0 aliphatic rings. The van der Waals surface area contributed by atoms with E-state index in [1.165, 1.54) is 17.4 Å². The zero-order chi connectivity index (χ0) is 16.3. The molecule has 2 N–H and O–H groups in total. The third-order valence-electron chi connectivity index (χ3n) is 2.86. The molecular weight excluding hydrogens is 358 g/mol. The topological polar surface area (TPSA) is 114 Å². The Balaban J connectivity index is 1.63. The van der Waals surface area contributed by atoms with Crippen LogP contribution in [-0.4, -0.2) is 34.6 Å². The number of benzene rings is 1. The highest BCUT2D eigenvalue weighted by Crippen LogP contribution is 2.20. The van der Waals surface area contributed by atoms with Crippen LogP contribution in [-0.2, 0) is 14.8 Å². The van der Waals surface area contributed by atoms with Crippen LogP contribution in [0.5, 0.6) is 0 Å². The summed E-state index contributed by atoms with van der Waals surface area (Å²) < 4.78 is 35.1. The van der Waals surface area contributed by atoms with Gasteiger partial charge in [-0.05, 0) is 12.1 Å². The Morgan fingerprint density at radius 2 is 2.13 bits per heavy atom. The van der Waals surface area contributed by atoms with Crippen molar-refractivity contribution >= 4 is 55.2 Å². The maximum absolute atomic E-state index is 12.3. The van der Waals surface area contributed by atoms with Gasteiger partial charge in [-0.1, -0.05) is 6.07 Å². The minimum atomic E-state index is -3.75. The first-order valence-electron chi connectivity index (χ1n) is 6.46. The summed E-state index contributed by atoms with van der Waals surface area (Å²) in [5, 5.41) is 4.81. The number of rotatable bonds is 6. The molecule has 23 heavy (non-hydrogen) atoms. The summed E-state index contributed by atoms with van der Waals surface area (Å²) >= 11 is 2.25. The number of thiazole rings is 1. The lowest BCUT2D eigenvalue weighted by atomic mass is 10.3. The summed E-state index contributed by atoms with van der Waals surface area (Å²) in [6.45, 7) is -0.0203. The third-order valence-corrected chi connectivity index (χ3v) is 5.59. The maximum atomic E-state index is 12.3. The number of hydrogen-bond acceptors (Lipinski definition) is 8. The van der Waals surface area contributed by atoms with Gasteiger partial charge in [0, 0.05) is 24.5 Å². The zero-order valence-electron chi connectivity index (χ0n) is 11.6. The van der Waals surface area contributed by atoms with Crippen molar-refractivity contribution in [3.63, 3.8) is 0 Å². The first-order valence-corrected chi connectivity index (χ1v) is 9.56. The Labute approximate surface area is 140 Å². The van der Waals surface area contributed by atoms with Crippen molar-refractivity contribution < 1.29 is 13.2 Å². The Hall–Kier alpha value is -1.95. The predicted octanol–water partition coefficient (Wildman–Crippen LogP) is 1.45. The summed E-state index contributed by atoms with van der Waals surface area (Å²) in [5.74, 6) is -0.309. The predicted molar refractivity (Wildman–Crippen MR) is 88.0 cm³/mol. The second-order valence-electron chi connectivity index (χ2n) is 4.42. The van der Waals surface area contributed by atoms with E-state index in [1.807, 2.05) is 0 Å². The molecule has 0 fully saturated rings. The van der Waals surface area contributed by atoms with Gasteiger partial charge in [-0.3, -0.25) is 4.79 Å². The Kier molecular flexibility index (Phi) is 4.61. The molecule has 120 valence electrons. The van der Waals surface area contributed by atoms with Gasteiger partial charge in [-0.15, -0.1) is 11.3 Å². The van der Waals surface area contributed by atoms with Crippen LogP contribution >= 0.6 is 23.1 Å². The van der Waals surface area contributed by atoms with E-state index in [-0.39, 0.29) is 23.8 Å². The standard InChI is InChI=1S/C12H11N5O3S3/c18-10(15-12-13-6-7-21-12)4-5-14-23(19,20)9-3-1-2-8-11(9)17-22-16-8/h1-3,6-7,14H,4-5H2,(H,13,15,18). The SMILES string of the molecule is O=C(CCNS(=O)(=O)c1cccc2nsnc12)Nc1nccs1. The lowest BCUT2D eigenvalue weighted by molar-refractivity contribution is -0.116. The van der Waals surface area contributed by atoms with Crippen LogP contribution in [0.3, 0.4) is 0 Å². The number of nitrogens with one attached hydrogen (secondary N) is 2. The van der Waals surface area contributed by atoms with Gasteiger partial charge in [0.15, 0.2) is 5.13 Å². The van der Waals surface area contributed by atoms with Gasteiger partial charge in [0.2, 0.25) is 15.9 Å². The first kappa shape index (κ1) is 15.9. The van der Waals surface area contributed by atoms with Crippen LogP contribution in [0.2, 0.25) is 0 Å².